The van der Waals surface area contributed by atoms with E-state index in [0.717, 1.165) is 5.69 Å². The summed E-state index contributed by atoms with van der Waals surface area (Å²) in [4.78, 5) is 8.28. The summed E-state index contributed by atoms with van der Waals surface area (Å²) in [6, 6.07) is 9.87. The Morgan fingerprint density at radius 3 is 2.62 bits per heavy atom. The molecule has 5 nitrogen and oxygen atoms in total. The molecular formula is C15H13FN4O. The lowest BCUT2D eigenvalue weighted by molar-refractivity contribution is 0.416. The van der Waals surface area contributed by atoms with Crippen LogP contribution in [0, 0.1) is 5.82 Å². The zero-order valence-corrected chi connectivity index (χ0v) is 11.3. The molecule has 0 atom stereocenters. The van der Waals surface area contributed by atoms with Crippen molar-refractivity contribution < 1.29 is 9.13 Å². The van der Waals surface area contributed by atoms with Gasteiger partial charge in [-0.1, -0.05) is 0 Å². The summed E-state index contributed by atoms with van der Waals surface area (Å²) in [6.45, 7) is 0. The number of hydrogen-bond acceptors (Lipinski definition) is 5. The highest BCUT2D eigenvalue weighted by atomic mass is 19.1. The number of fused-ring (bicyclic) bond motifs is 1. The van der Waals surface area contributed by atoms with Gasteiger partial charge in [0.25, 0.3) is 0 Å². The number of aromatic nitrogens is 2. The van der Waals surface area contributed by atoms with Gasteiger partial charge in [-0.25, -0.2) is 14.4 Å². The number of nitrogens with one attached hydrogen (secondary N) is 1. The van der Waals surface area contributed by atoms with Crippen LogP contribution in [0.3, 0.4) is 0 Å². The van der Waals surface area contributed by atoms with E-state index in [9.17, 15) is 4.39 Å². The lowest BCUT2D eigenvalue weighted by atomic mass is 10.2. The Morgan fingerprint density at radius 1 is 1.14 bits per heavy atom. The van der Waals surface area contributed by atoms with E-state index in [0.29, 0.717) is 28.2 Å². The number of rotatable bonds is 3. The van der Waals surface area contributed by atoms with E-state index in [4.69, 9.17) is 10.5 Å². The molecule has 0 spiro atoms. The summed E-state index contributed by atoms with van der Waals surface area (Å²) >= 11 is 0. The average molecular weight is 284 g/mol. The van der Waals surface area contributed by atoms with Gasteiger partial charge in [-0.2, -0.15) is 0 Å². The van der Waals surface area contributed by atoms with Gasteiger partial charge in [-0.3, -0.25) is 0 Å². The second-order valence-corrected chi connectivity index (χ2v) is 4.47. The minimum atomic E-state index is -0.406. The highest BCUT2D eigenvalue weighted by Crippen LogP contribution is 2.32. The molecule has 0 aliphatic rings. The Bertz CT molecular complexity index is 790. The molecule has 6 heteroatoms. The third kappa shape index (κ3) is 2.55. The van der Waals surface area contributed by atoms with Crippen LogP contribution < -0.4 is 15.8 Å². The smallest absolute Gasteiger partial charge is 0.145 e. The average Bonchev–Trinajstić information content (AvgIpc) is 2.48. The van der Waals surface area contributed by atoms with Crippen LogP contribution in [0.1, 0.15) is 0 Å². The SMILES string of the molecule is COc1cc(F)cc2ncnc(Nc3ccc(N)cc3)c12. The first-order chi connectivity index (χ1) is 10.2. The molecule has 0 unspecified atom stereocenters. The van der Waals surface area contributed by atoms with E-state index >= 15 is 0 Å². The number of nitrogens with zero attached hydrogens (tertiary/aromatic N) is 2. The topological polar surface area (TPSA) is 73.1 Å². The second-order valence-electron chi connectivity index (χ2n) is 4.47. The Morgan fingerprint density at radius 2 is 1.90 bits per heavy atom. The third-order valence-corrected chi connectivity index (χ3v) is 3.06. The number of methoxy groups -OCH3 is 1. The molecule has 0 fully saturated rings. The van der Waals surface area contributed by atoms with Gasteiger partial charge in [0.05, 0.1) is 18.0 Å². The highest BCUT2D eigenvalue weighted by molar-refractivity contribution is 5.95. The maximum Gasteiger partial charge on any atom is 0.145 e. The van der Waals surface area contributed by atoms with E-state index in [1.807, 2.05) is 12.1 Å². The predicted molar refractivity (Wildman–Crippen MR) is 80.2 cm³/mol. The fraction of sp³-hybridized carbons (Fsp3) is 0.0667. The van der Waals surface area contributed by atoms with Gasteiger partial charge in [0.1, 0.15) is 23.7 Å². The molecule has 21 heavy (non-hydrogen) atoms. The van der Waals surface area contributed by atoms with Gasteiger partial charge in [0.15, 0.2) is 0 Å². The molecule has 0 amide bonds. The van der Waals surface area contributed by atoms with Crippen LogP contribution in [0.5, 0.6) is 5.75 Å². The molecule has 3 rings (SSSR count). The molecular weight excluding hydrogens is 271 g/mol. The second kappa shape index (κ2) is 5.24. The molecule has 0 saturated heterocycles. The van der Waals surface area contributed by atoms with Crippen molar-refractivity contribution in [3.63, 3.8) is 0 Å². The van der Waals surface area contributed by atoms with Crippen LogP contribution >= 0.6 is 0 Å². The minimum absolute atomic E-state index is 0.378. The van der Waals surface area contributed by atoms with E-state index < -0.39 is 5.82 Å². The fourth-order valence-corrected chi connectivity index (χ4v) is 2.08. The molecule has 2 aromatic carbocycles. The molecule has 0 aliphatic heterocycles. The van der Waals surface area contributed by atoms with Gasteiger partial charge >= 0.3 is 0 Å². The molecule has 0 saturated carbocycles. The summed E-state index contributed by atoms with van der Waals surface area (Å²) in [5.74, 6) is 0.515. The predicted octanol–water partition coefficient (Wildman–Crippen LogP) is 3.10. The Kier molecular flexibility index (Phi) is 3.27. The standard InChI is InChI=1S/C15H13FN4O/c1-21-13-7-9(16)6-12-14(13)15(19-8-18-12)20-11-4-2-10(17)3-5-11/h2-8H,17H2,1H3,(H,18,19,20). The normalized spacial score (nSPS) is 10.6. The van der Waals surface area contributed by atoms with Crippen molar-refractivity contribution in [1.82, 2.24) is 9.97 Å². The van der Waals surface area contributed by atoms with Crippen molar-refractivity contribution in [2.45, 2.75) is 0 Å². The molecule has 0 aliphatic carbocycles. The monoisotopic (exact) mass is 284 g/mol. The largest absolute Gasteiger partial charge is 0.496 e. The minimum Gasteiger partial charge on any atom is -0.496 e. The first kappa shape index (κ1) is 13.1. The van der Waals surface area contributed by atoms with Gasteiger partial charge < -0.3 is 15.8 Å². The third-order valence-electron chi connectivity index (χ3n) is 3.06. The lowest BCUT2D eigenvalue weighted by Crippen LogP contribution is -1.98. The van der Waals surface area contributed by atoms with Crippen LogP contribution in [-0.2, 0) is 0 Å². The van der Waals surface area contributed by atoms with E-state index in [-0.39, 0.29) is 0 Å². The summed E-state index contributed by atoms with van der Waals surface area (Å²) in [5.41, 5.74) is 7.62. The van der Waals surface area contributed by atoms with Gasteiger partial charge in [0.2, 0.25) is 0 Å². The number of nitrogen functional groups attached to an aromatic ring is 1. The summed E-state index contributed by atoms with van der Waals surface area (Å²) in [7, 11) is 1.48. The summed E-state index contributed by atoms with van der Waals surface area (Å²) in [5, 5.41) is 3.78. The zero-order chi connectivity index (χ0) is 14.8. The Labute approximate surface area is 120 Å². The Balaban J connectivity index is 2.11. The lowest BCUT2D eigenvalue weighted by Gasteiger charge is -2.11. The van der Waals surface area contributed by atoms with Crippen LogP contribution in [0.2, 0.25) is 0 Å². The maximum absolute atomic E-state index is 13.5. The van der Waals surface area contributed by atoms with Crippen molar-refractivity contribution in [3.8, 4) is 5.75 Å². The highest BCUT2D eigenvalue weighted by Gasteiger charge is 2.12. The Hall–Kier alpha value is -2.89. The molecule has 1 aromatic heterocycles. The number of halogens is 1. The number of ether oxygens (including phenoxy) is 1. The first-order valence-corrected chi connectivity index (χ1v) is 6.28. The van der Waals surface area contributed by atoms with Crippen LogP contribution in [0.25, 0.3) is 10.9 Å². The first-order valence-electron chi connectivity index (χ1n) is 6.28. The molecule has 0 radical (unpaired) electrons. The van der Waals surface area contributed by atoms with Crippen molar-refractivity contribution in [1.29, 1.82) is 0 Å². The van der Waals surface area contributed by atoms with Crippen molar-refractivity contribution >= 4 is 28.1 Å². The van der Waals surface area contributed by atoms with E-state index in [2.05, 4.69) is 15.3 Å². The molecule has 0 bridgehead atoms. The van der Waals surface area contributed by atoms with Crippen molar-refractivity contribution in [3.05, 3.63) is 48.5 Å². The van der Waals surface area contributed by atoms with E-state index in [1.54, 1.807) is 12.1 Å². The van der Waals surface area contributed by atoms with Crippen molar-refractivity contribution in [2.75, 3.05) is 18.2 Å². The fourth-order valence-electron chi connectivity index (χ4n) is 2.08. The van der Waals surface area contributed by atoms with Crippen LogP contribution in [0.15, 0.2) is 42.7 Å². The molecule has 106 valence electrons. The number of benzene rings is 2. The molecule has 1 heterocycles. The zero-order valence-electron chi connectivity index (χ0n) is 11.3. The van der Waals surface area contributed by atoms with Crippen molar-refractivity contribution in [2.24, 2.45) is 0 Å². The summed E-state index contributed by atoms with van der Waals surface area (Å²) in [6.07, 6.45) is 1.38. The summed E-state index contributed by atoms with van der Waals surface area (Å²) < 4.78 is 18.7. The molecule has 3 N–H and O–H groups in total. The van der Waals surface area contributed by atoms with Gasteiger partial charge in [-0.15, -0.1) is 0 Å². The van der Waals surface area contributed by atoms with Gasteiger partial charge in [-0.05, 0) is 24.3 Å². The van der Waals surface area contributed by atoms with E-state index in [1.165, 1.54) is 25.6 Å². The van der Waals surface area contributed by atoms with Crippen LogP contribution in [-0.4, -0.2) is 17.1 Å². The van der Waals surface area contributed by atoms with Crippen LogP contribution in [0.4, 0.5) is 21.6 Å². The maximum atomic E-state index is 13.5. The quantitative estimate of drug-likeness (QED) is 0.723. The number of hydrogen-bond donors (Lipinski definition) is 2. The number of anilines is 3. The van der Waals surface area contributed by atoms with Gasteiger partial charge in [0, 0.05) is 23.5 Å². The molecule has 3 aromatic rings. The number of nitrogens with two attached hydrogens (primary N) is 1.